The van der Waals surface area contributed by atoms with E-state index in [1.165, 1.54) is 6.92 Å². The summed E-state index contributed by atoms with van der Waals surface area (Å²) < 4.78 is 1.65. The summed E-state index contributed by atoms with van der Waals surface area (Å²) in [5.74, 6) is 1.48. The fourth-order valence-corrected chi connectivity index (χ4v) is 6.84. The fourth-order valence-electron chi connectivity index (χ4n) is 6.84. The van der Waals surface area contributed by atoms with Gasteiger partial charge in [0.15, 0.2) is 5.78 Å². The number of rotatable bonds is 12. The van der Waals surface area contributed by atoms with Crippen molar-refractivity contribution in [2.45, 2.75) is 119 Å². The number of amides is 2. The smallest absolute Gasteiger partial charge is 0.245 e. The van der Waals surface area contributed by atoms with Gasteiger partial charge in [-0.25, -0.2) is 9.97 Å². The number of Topliss-reactive ketones (excluding diaryl/α,β-unsaturated/α-hetero) is 1. The van der Waals surface area contributed by atoms with E-state index >= 15 is 0 Å². The molecule has 2 amide bonds. The summed E-state index contributed by atoms with van der Waals surface area (Å²) in [7, 11) is 0. The first kappa shape index (κ1) is 31.8. The molecule has 3 atom stereocenters. The van der Waals surface area contributed by atoms with Crippen LogP contribution in [0.5, 0.6) is 0 Å². The molecule has 1 aromatic carbocycles. The maximum absolute atomic E-state index is 14.1. The first-order chi connectivity index (χ1) is 20.8. The molecule has 1 aliphatic heterocycles. The highest BCUT2D eigenvalue weighted by Gasteiger charge is 2.64. The van der Waals surface area contributed by atoms with E-state index in [2.05, 4.69) is 55.0 Å². The van der Waals surface area contributed by atoms with Crippen LogP contribution in [-0.2, 0) is 16.1 Å². The van der Waals surface area contributed by atoms with E-state index in [1.54, 1.807) is 17.1 Å². The molecule has 2 aliphatic rings. The molecule has 3 heterocycles. The molecule has 1 aliphatic carbocycles. The van der Waals surface area contributed by atoms with E-state index in [-0.39, 0.29) is 41.6 Å². The molecule has 0 unspecified atom stereocenters. The Labute approximate surface area is 261 Å². The second-order valence-electron chi connectivity index (χ2n) is 14.3. The Morgan fingerprint density at radius 3 is 2.18 bits per heavy atom. The second-order valence-corrected chi connectivity index (χ2v) is 14.3. The predicted octanol–water partition coefficient (Wildman–Crippen LogP) is 6.05. The first-order valence-electron chi connectivity index (χ1n) is 16.2. The Morgan fingerprint density at radius 2 is 1.59 bits per heavy atom. The van der Waals surface area contributed by atoms with E-state index < -0.39 is 6.04 Å². The number of likely N-dealkylation sites (tertiary alicyclic amines) is 1. The number of benzene rings is 1. The van der Waals surface area contributed by atoms with Gasteiger partial charge in [-0.1, -0.05) is 34.6 Å². The minimum absolute atomic E-state index is 0.0271. The Morgan fingerprint density at radius 1 is 0.955 bits per heavy atom. The summed E-state index contributed by atoms with van der Waals surface area (Å²) in [4.78, 5) is 51.0. The minimum Gasteiger partial charge on any atom is -0.352 e. The largest absolute Gasteiger partial charge is 0.352 e. The van der Waals surface area contributed by atoms with Gasteiger partial charge >= 0.3 is 0 Å². The predicted molar refractivity (Wildman–Crippen MR) is 172 cm³/mol. The number of aromatic nitrogens is 4. The number of aryl methyl sites for hydroxylation is 2. The first-order valence-corrected chi connectivity index (χ1v) is 16.2. The van der Waals surface area contributed by atoms with Crippen LogP contribution in [0.4, 0.5) is 0 Å². The van der Waals surface area contributed by atoms with Crippen LogP contribution in [0.3, 0.4) is 0 Å². The molecule has 3 aromatic rings. The molecule has 1 saturated carbocycles. The summed E-state index contributed by atoms with van der Waals surface area (Å²) >= 11 is 0. The van der Waals surface area contributed by atoms with E-state index in [0.717, 1.165) is 54.3 Å². The highest BCUT2D eigenvalue weighted by Crippen LogP contribution is 2.59. The van der Waals surface area contributed by atoms with Gasteiger partial charge in [0, 0.05) is 42.4 Å². The summed E-state index contributed by atoms with van der Waals surface area (Å²) in [6, 6.07) is 3.62. The molecule has 5 rings (SSSR count). The van der Waals surface area contributed by atoms with Gasteiger partial charge in [0.25, 0.3) is 0 Å². The Balaban J connectivity index is 1.40. The zero-order valence-electron chi connectivity index (χ0n) is 27.6. The Hall–Kier alpha value is -3.62. The SMILES string of the molecule is CC(=O)c1nn(CC(=O)N2[C@H](C(=O)NC(CCC(C)C)CCC(C)C)C[C@@]3(C)C[C@@H]23)c2c(C)cc(-c3cnc(C)nc3)cc12. The van der Waals surface area contributed by atoms with Gasteiger partial charge in [0.2, 0.25) is 11.8 Å². The number of nitrogens with one attached hydrogen (secondary N) is 1. The van der Waals surface area contributed by atoms with Crippen molar-refractivity contribution in [2.24, 2.45) is 17.3 Å². The zero-order chi connectivity index (χ0) is 31.9. The molecule has 44 heavy (non-hydrogen) atoms. The zero-order valence-corrected chi connectivity index (χ0v) is 27.6. The third-order valence-electron chi connectivity index (χ3n) is 9.52. The molecule has 9 nitrogen and oxygen atoms in total. The molecular formula is C35H48N6O3. The number of piperidine rings is 1. The average molecular weight is 601 g/mol. The Bertz CT molecular complexity index is 1550. The van der Waals surface area contributed by atoms with E-state index in [4.69, 9.17) is 0 Å². The molecule has 0 bridgehead atoms. The van der Waals surface area contributed by atoms with Gasteiger partial charge < -0.3 is 10.2 Å². The van der Waals surface area contributed by atoms with Crippen LogP contribution in [0, 0.1) is 31.1 Å². The van der Waals surface area contributed by atoms with Crippen LogP contribution < -0.4 is 5.32 Å². The van der Waals surface area contributed by atoms with Crippen molar-refractivity contribution in [3.05, 3.63) is 41.6 Å². The van der Waals surface area contributed by atoms with Gasteiger partial charge in [-0.05, 0) is 92.9 Å². The van der Waals surface area contributed by atoms with Crippen molar-refractivity contribution >= 4 is 28.5 Å². The molecule has 2 fully saturated rings. The molecule has 0 spiro atoms. The summed E-state index contributed by atoms with van der Waals surface area (Å²) in [5, 5.41) is 8.70. The number of hydrogen-bond donors (Lipinski definition) is 1. The van der Waals surface area contributed by atoms with Gasteiger partial charge in [0.05, 0.1) is 5.52 Å². The fraction of sp³-hybridized carbons (Fsp3) is 0.600. The number of fused-ring (bicyclic) bond motifs is 2. The lowest BCUT2D eigenvalue weighted by atomic mass is 9.96. The van der Waals surface area contributed by atoms with Gasteiger partial charge in [-0.3, -0.25) is 19.1 Å². The average Bonchev–Trinajstić information content (AvgIpc) is 3.30. The molecule has 236 valence electrons. The Kier molecular flexibility index (Phi) is 8.96. The summed E-state index contributed by atoms with van der Waals surface area (Å²) in [6.07, 6.45) is 9.12. The maximum Gasteiger partial charge on any atom is 0.245 e. The third-order valence-corrected chi connectivity index (χ3v) is 9.52. The van der Waals surface area contributed by atoms with E-state index in [9.17, 15) is 14.4 Å². The normalized spacial score (nSPS) is 21.0. The molecule has 2 aromatic heterocycles. The van der Waals surface area contributed by atoms with Crippen LogP contribution >= 0.6 is 0 Å². The van der Waals surface area contributed by atoms with Crippen molar-refractivity contribution in [2.75, 3.05) is 0 Å². The van der Waals surface area contributed by atoms with Crippen LogP contribution in [0.1, 0.15) is 102 Å². The van der Waals surface area contributed by atoms with Crippen LogP contribution in [0.25, 0.3) is 22.0 Å². The number of carbonyl (C=O) groups is 3. The van der Waals surface area contributed by atoms with E-state index in [1.807, 2.05) is 30.9 Å². The lowest BCUT2D eigenvalue weighted by Gasteiger charge is -2.29. The van der Waals surface area contributed by atoms with Crippen molar-refractivity contribution in [3.63, 3.8) is 0 Å². The molecule has 1 N–H and O–H groups in total. The van der Waals surface area contributed by atoms with Gasteiger partial charge in [0.1, 0.15) is 24.1 Å². The lowest BCUT2D eigenvalue weighted by molar-refractivity contribution is -0.140. The number of nitrogens with zero attached hydrogens (tertiary/aromatic N) is 5. The van der Waals surface area contributed by atoms with Crippen molar-refractivity contribution in [1.82, 2.24) is 30.0 Å². The highest BCUT2D eigenvalue weighted by atomic mass is 16.2. The number of hydrogen-bond acceptors (Lipinski definition) is 6. The van der Waals surface area contributed by atoms with Crippen LogP contribution in [0.2, 0.25) is 0 Å². The minimum atomic E-state index is -0.491. The maximum atomic E-state index is 14.1. The number of ketones is 1. The molecule has 1 saturated heterocycles. The molecule has 9 heteroatoms. The molecular weight excluding hydrogens is 552 g/mol. The summed E-state index contributed by atoms with van der Waals surface area (Å²) in [5.41, 5.74) is 3.69. The summed E-state index contributed by atoms with van der Waals surface area (Å²) in [6.45, 7) is 16.3. The van der Waals surface area contributed by atoms with Crippen molar-refractivity contribution < 1.29 is 14.4 Å². The monoisotopic (exact) mass is 600 g/mol. The van der Waals surface area contributed by atoms with Crippen molar-refractivity contribution in [3.8, 4) is 11.1 Å². The quantitative estimate of drug-likeness (QED) is 0.254. The third kappa shape index (κ3) is 6.57. The standard InChI is InChI=1S/C35H48N6O3/c1-20(2)9-11-27(12-10-21(3)4)38-34(44)29-15-35(8)16-30(35)41(29)31(43)19-40-33-22(5)13-25(26-17-36-24(7)37-18-26)14-28(33)32(39-40)23(6)42/h13-14,17-18,20-21,27,29-30H,9-12,15-16,19H2,1-8H3,(H,38,44)/t29-,30+,35-/m0/s1. The van der Waals surface area contributed by atoms with Crippen LogP contribution in [-0.4, -0.2) is 60.4 Å². The second kappa shape index (κ2) is 12.4. The van der Waals surface area contributed by atoms with Crippen molar-refractivity contribution in [1.29, 1.82) is 0 Å². The highest BCUT2D eigenvalue weighted by molar-refractivity contribution is 6.07. The lowest BCUT2D eigenvalue weighted by Crippen LogP contribution is -2.51. The molecule has 0 radical (unpaired) electrons. The van der Waals surface area contributed by atoms with Gasteiger partial charge in [-0.15, -0.1) is 0 Å². The van der Waals surface area contributed by atoms with Gasteiger partial charge in [-0.2, -0.15) is 5.10 Å². The number of carbonyl (C=O) groups excluding carboxylic acids is 3. The van der Waals surface area contributed by atoms with Crippen LogP contribution in [0.15, 0.2) is 24.5 Å². The topological polar surface area (TPSA) is 110 Å². The van der Waals surface area contributed by atoms with E-state index in [0.29, 0.717) is 35.2 Å².